The molecule has 2 rings (SSSR count). The molecule has 1 aromatic heterocycles. The Morgan fingerprint density at radius 3 is 2.76 bits per heavy atom. The Bertz CT molecular complexity index is 349. The minimum Gasteiger partial charge on any atom is -0.306 e. The van der Waals surface area contributed by atoms with Gasteiger partial charge in [-0.2, -0.15) is 0 Å². The molecule has 96 valence electrons. The van der Waals surface area contributed by atoms with Crippen LogP contribution >= 0.6 is 23.1 Å². The summed E-state index contributed by atoms with van der Waals surface area (Å²) in [5.74, 6) is 0.807. The lowest BCUT2D eigenvalue weighted by atomic mass is 9.97. The summed E-state index contributed by atoms with van der Waals surface area (Å²) in [5.41, 5.74) is 0.909. The molecule has 1 aromatic rings. The van der Waals surface area contributed by atoms with Crippen molar-refractivity contribution in [1.29, 1.82) is 0 Å². The molecule has 0 aromatic carbocycles. The van der Waals surface area contributed by atoms with Gasteiger partial charge in [0.2, 0.25) is 0 Å². The largest absolute Gasteiger partial charge is 0.306 e. The Morgan fingerprint density at radius 1 is 1.47 bits per heavy atom. The van der Waals surface area contributed by atoms with Gasteiger partial charge >= 0.3 is 0 Å². The van der Waals surface area contributed by atoms with Gasteiger partial charge < -0.3 is 9.80 Å². The van der Waals surface area contributed by atoms with Crippen molar-refractivity contribution in [3.05, 3.63) is 10.0 Å². The maximum absolute atomic E-state index is 6.01. The summed E-state index contributed by atoms with van der Waals surface area (Å²) in [6.07, 6.45) is 2.59. The number of halogens is 1. The zero-order valence-electron chi connectivity index (χ0n) is 10.4. The summed E-state index contributed by atoms with van der Waals surface area (Å²) in [5, 5.41) is 4.05. The lowest BCUT2D eigenvalue weighted by Gasteiger charge is -2.31. The third kappa shape index (κ3) is 3.88. The summed E-state index contributed by atoms with van der Waals surface area (Å²) < 4.78 is 4.58. The van der Waals surface area contributed by atoms with Crippen LogP contribution in [0.15, 0.2) is 0 Å². The van der Waals surface area contributed by atoms with Crippen LogP contribution in [0.25, 0.3) is 0 Å². The number of hydrogen-bond donors (Lipinski definition) is 0. The fourth-order valence-electron chi connectivity index (χ4n) is 2.30. The van der Waals surface area contributed by atoms with Gasteiger partial charge in [-0.05, 0) is 45.9 Å². The van der Waals surface area contributed by atoms with Gasteiger partial charge in [0, 0.05) is 24.6 Å². The molecule has 1 fully saturated rings. The van der Waals surface area contributed by atoms with Gasteiger partial charge in [-0.15, -0.1) is 5.10 Å². The molecule has 4 nitrogen and oxygen atoms in total. The monoisotopic (exact) mass is 274 g/mol. The zero-order chi connectivity index (χ0) is 12.3. The summed E-state index contributed by atoms with van der Waals surface area (Å²) >= 11 is 7.27. The van der Waals surface area contributed by atoms with Gasteiger partial charge in [-0.1, -0.05) is 16.1 Å². The molecule has 0 saturated carbocycles. The molecule has 0 amide bonds. The van der Waals surface area contributed by atoms with E-state index >= 15 is 0 Å². The second kappa shape index (κ2) is 6.09. The van der Waals surface area contributed by atoms with Gasteiger partial charge in [-0.25, -0.2) is 0 Å². The van der Waals surface area contributed by atoms with Crippen molar-refractivity contribution in [2.75, 3.05) is 33.7 Å². The maximum atomic E-state index is 6.01. The molecule has 0 radical (unpaired) electrons. The average molecular weight is 275 g/mol. The highest BCUT2D eigenvalue weighted by atomic mass is 35.5. The van der Waals surface area contributed by atoms with E-state index in [4.69, 9.17) is 11.6 Å². The lowest BCUT2D eigenvalue weighted by molar-refractivity contribution is 0.172. The molecule has 0 N–H and O–H groups in total. The van der Waals surface area contributed by atoms with Crippen LogP contribution in [0.5, 0.6) is 0 Å². The molecule has 2 heterocycles. The molecular weight excluding hydrogens is 256 g/mol. The first-order valence-electron chi connectivity index (χ1n) is 5.99. The third-order valence-electron chi connectivity index (χ3n) is 3.34. The van der Waals surface area contributed by atoms with Crippen molar-refractivity contribution in [3.63, 3.8) is 0 Å². The normalized spacial score (nSPS) is 19.1. The number of likely N-dealkylation sites (tertiary alicyclic amines) is 1. The van der Waals surface area contributed by atoms with E-state index in [0.29, 0.717) is 0 Å². The van der Waals surface area contributed by atoms with Crippen molar-refractivity contribution < 1.29 is 0 Å². The van der Waals surface area contributed by atoms with Crippen LogP contribution in [0.2, 0.25) is 4.34 Å². The number of nitrogens with zero attached hydrogens (tertiary/aromatic N) is 4. The Hall–Kier alpha value is -0.230. The lowest BCUT2D eigenvalue weighted by Crippen LogP contribution is -2.35. The molecule has 0 bridgehead atoms. The van der Waals surface area contributed by atoms with Crippen LogP contribution in [0.3, 0.4) is 0 Å². The van der Waals surface area contributed by atoms with Crippen LogP contribution in [0.1, 0.15) is 18.5 Å². The van der Waals surface area contributed by atoms with Crippen LogP contribution < -0.4 is 0 Å². The molecule has 0 spiro atoms. The van der Waals surface area contributed by atoms with E-state index in [-0.39, 0.29) is 0 Å². The van der Waals surface area contributed by atoms with Gasteiger partial charge in [0.1, 0.15) is 10.0 Å². The van der Waals surface area contributed by atoms with E-state index in [1.165, 1.54) is 37.5 Å². The van der Waals surface area contributed by atoms with Crippen molar-refractivity contribution in [3.8, 4) is 0 Å². The Morgan fingerprint density at radius 2 is 2.18 bits per heavy atom. The first-order valence-corrected chi connectivity index (χ1v) is 7.14. The van der Waals surface area contributed by atoms with Gasteiger partial charge in [0.25, 0.3) is 0 Å². The highest BCUT2D eigenvalue weighted by Gasteiger charge is 2.19. The SMILES string of the molecule is CN1CCC(CN(C)Cc2nnsc2Cl)CC1. The van der Waals surface area contributed by atoms with E-state index in [1.54, 1.807) is 0 Å². The number of piperidine rings is 1. The molecule has 0 atom stereocenters. The Balaban J connectivity index is 1.77. The van der Waals surface area contributed by atoms with E-state index < -0.39 is 0 Å². The second-order valence-corrected chi connectivity index (χ2v) is 6.29. The van der Waals surface area contributed by atoms with Crippen molar-refractivity contribution in [2.45, 2.75) is 19.4 Å². The predicted octanol–water partition coefficient (Wildman–Crippen LogP) is 1.97. The van der Waals surface area contributed by atoms with E-state index in [0.717, 1.165) is 29.0 Å². The summed E-state index contributed by atoms with van der Waals surface area (Å²) in [6.45, 7) is 4.37. The second-order valence-electron chi connectivity index (χ2n) is 4.94. The topological polar surface area (TPSA) is 32.3 Å². The average Bonchev–Trinajstić information content (AvgIpc) is 2.68. The summed E-state index contributed by atoms with van der Waals surface area (Å²) in [7, 11) is 4.33. The van der Waals surface area contributed by atoms with Gasteiger partial charge in [0.05, 0.1) is 0 Å². The molecule has 6 heteroatoms. The smallest absolute Gasteiger partial charge is 0.138 e. The van der Waals surface area contributed by atoms with E-state index in [9.17, 15) is 0 Å². The molecule has 0 unspecified atom stereocenters. The molecule has 1 aliphatic heterocycles. The molecule has 0 aliphatic carbocycles. The van der Waals surface area contributed by atoms with Crippen LogP contribution in [0, 0.1) is 5.92 Å². The first kappa shape index (κ1) is 13.2. The van der Waals surface area contributed by atoms with Crippen LogP contribution in [-0.2, 0) is 6.54 Å². The summed E-state index contributed by atoms with van der Waals surface area (Å²) in [4.78, 5) is 4.70. The van der Waals surface area contributed by atoms with Crippen LogP contribution in [-0.4, -0.2) is 53.1 Å². The highest BCUT2D eigenvalue weighted by Crippen LogP contribution is 2.21. The van der Waals surface area contributed by atoms with Crippen molar-refractivity contribution in [2.24, 2.45) is 5.92 Å². The van der Waals surface area contributed by atoms with E-state index in [1.807, 2.05) is 0 Å². The molecule has 1 saturated heterocycles. The molecular formula is C11H19ClN4S. The van der Waals surface area contributed by atoms with Crippen molar-refractivity contribution in [1.82, 2.24) is 19.4 Å². The fraction of sp³-hybridized carbons (Fsp3) is 0.818. The minimum absolute atomic E-state index is 0.722. The third-order valence-corrected chi connectivity index (χ3v) is 4.32. The molecule has 17 heavy (non-hydrogen) atoms. The first-order chi connectivity index (χ1) is 8.15. The summed E-state index contributed by atoms with van der Waals surface area (Å²) in [6, 6.07) is 0. The van der Waals surface area contributed by atoms with Gasteiger partial charge in [-0.3, -0.25) is 0 Å². The Kier molecular flexibility index (Phi) is 4.73. The van der Waals surface area contributed by atoms with Crippen LogP contribution in [0.4, 0.5) is 0 Å². The van der Waals surface area contributed by atoms with Crippen molar-refractivity contribution >= 4 is 23.1 Å². The zero-order valence-corrected chi connectivity index (χ0v) is 12.0. The Labute approximate surface area is 112 Å². The highest BCUT2D eigenvalue weighted by molar-refractivity contribution is 7.10. The van der Waals surface area contributed by atoms with E-state index in [2.05, 4.69) is 33.5 Å². The van der Waals surface area contributed by atoms with Gasteiger partial charge in [0.15, 0.2) is 0 Å². The predicted molar refractivity (Wildman–Crippen MR) is 71.5 cm³/mol. The number of rotatable bonds is 4. The number of hydrogen-bond acceptors (Lipinski definition) is 5. The fourth-order valence-corrected chi connectivity index (χ4v) is 2.91. The minimum atomic E-state index is 0.722. The quantitative estimate of drug-likeness (QED) is 0.840. The number of aromatic nitrogens is 2. The standard InChI is InChI=1S/C11H19ClN4S/c1-15-5-3-9(4-6-15)7-16(2)8-10-11(12)17-14-13-10/h9H,3-8H2,1-2H3. The maximum Gasteiger partial charge on any atom is 0.138 e. The molecule has 1 aliphatic rings.